The van der Waals surface area contributed by atoms with Crippen LogP contribution in [-0.4, -0.2) is 35.6 Å². The van der Waals surface area contributed by atoms with E-state index in [2.05, 4.69) is 5.10 Å². The highest BCUT2D eigenvalue weighted by Crippen LogP contribution is 2.33. The number of nitrogens with zero attached hydrogens (tertiary/aromatic N) is 3. The number of fused-ring (bicyclic) bond motifs is 1. The number of hydrogen-bond acceptors (Lipinski definition) is 4. The van der Waals surface area contributed by atoms with E-state index < -0.39 is 10.0 Å². The lowest BCUT2D eigenvalue weighted by Gasteiger charge is -2.31. The first-order valence-electron chi connectivity index (χ1n) is 11.5. The maximum Gasteiger partial charge on any atom is 0.269 e. The standard InChI is InChI=1S/C24H33N3O3S/c1-4-17-14-15-18(23-20-12-8-9-13-21(20)24(28)26(2)25-23)16-22(17)31(29,30)27(3)19-10-6-5-7-11-19/h14-16,19H,4-13H2,1-3H3. The van der Waals surface area contributed by atoms with Gasteiger partial charge in [0.2, 0.25) is 10.0 Å². The highest BCUT2D eigenvalue weighted by molar-refractivity contribution is 7.89. The van der Waals surface area contributed by atoms with Gasteiger partial charge in [0.25, 0.3) is 5.56 Å². The van der Waals surface area contributed by atoms with Crippen molar-refractivity contribution in [2.45, 2.75) is 82.1 Å². The minimum absolute atomic E-state index is 0.0338. The molecule has 0 bridgehead atoms. The fourth-order valence-corrected chi connectivity index (χ4v) is 6.85. The van der Waals surface area contributed by atoms with Crippen LogP contribution in [0, 0.1) is 0 Å². The molecular weight excluding hydrogens is 410 g/mol. The van der Waals surface area contributed by atoms with Crippen molar-refractivity contribution in [1.82, 2.24) is 14.1 Å². The van der Waals surface area contributed by atoms with Gasteiger partial charge in [-0.25, -0.2) is 13.1 Å². The average Bonchev–Trinajstić information content (AvgIpc) is 2.81. The third kappa shape index (κ3) is 4.10. The van der Waals surface area contributed by atoms with Gasteiger partial charge in [0, 0.05) is 31.3 Å². The van der Waals surface area contributed by atoms with E-state index in [9.17, 15) is 13.2 Å². The van der Waals surface area contributed by atoms with Gasteiger partial charge in [0.1, 0.15) is 0 Å². The van der Waals surface area contributed by atoms with E-state index in [1.165, 1.54) is 11.1 Å². The van der Waals surface area contributed by atoms with Crippen molar-refractivity contribution in [1.29, 1.82) is 0 Å². The highest BCUT2D eigenvalue weighted by Gasteiger charge is 2.31. The van der Waals surface area contributed by atoms with Crippen molar-refractivity contribution in [2.75, 3.05) is 7.05 Å². The maximum absolute atomic E-state index is 13.7. The van der Waals surface area contributed by atoms with Crippen LogP contribution in [0.25, 0.3) is 11.3 Å². The zero-order valence-corrected chi connectivity index (χ0v) is 19.7. The largest absolute Gasteiger partial charge is 0.269 e. The molecule has 1 heterocycles. The Morgan fingerprint density at radius 1 is 1.06 bits per heavy atom. The van der Waals surface area contributed by atoms with Gasteiger partial charge < -0.3 is 0 Å². The average molecular weight is 444 g/mol. The van der Waals surface area contributed by atoms with Gasteiger partial charge in [-0.3, -0.25) is 4.79 Å². The molecule has 0 radical (unpaired) electrons. The summed E-state index contributed by atoms with van der Waals surface area (Å²) in [4.78, 5) is 13.0. The van der Waals surface area contributed by atoms with Crippen LogP contribution in [0.4, 0.5) is 0 Å². The summed E-state index contributed by atoms with van der Waals surface area (Å²) >= 11 is 0. The summed E-state index contributed by atoms with van der Waals surface area (Å²) in [5, 5.41) is 4.57. The van der Waals surface area contributed by atoms with Crippen LogP contribution in [0.5, 0.6) is 0 Å². The number of benzene rings is 1. The molecule has 1 aromatic carbocycles. The van der Waals surface area contributed by atoms with Crippen LogP contribution in [0.15, 0.2) is 27.9 Å². The quantitative estimate of drug-likeness (QED) is 0.704. The molecule has 0 aliphatic heterocycles. The summed E-state index contributed by atoms with van der Waals surface area (Å²) in [6.45, 7) is 1.99. The first-order chi connectivity index (χ1) is 14.8. The van der Waals surface area contributed by atoms with Gasteiger partial charge in [0.15, 0.2) is 0 Å². The fraction of sp³-hybridized carbons (Fsp3) is 0.583. The van der Waals surface area contributed by atoms with E-state index in [0.29, 0.717) is 11.3 Å². The first kappa shape index (κ1) is 22.2. The third-order valence-corrected chi connectivity index (χ3v) is 9.02. The van der Waals surface area contributed by atoms with Crippen LogP contribution < -0.4 is 5.56 Å². The lowest BCUT2D eigenvalue weighted by Crippen LogP contribution is -2.38. The predicted octanol–water partition coefficient (Wildman–Crippen LogP) is 3.84. The predicted molar refractivity (Wildman–Crippen MR) is 123 cm³/mol. The smallest absolute Gasteiger partial charge is 0.268 e. The van der Waals surface area contributed by atoms with Gasteiger partial charge >= 0.3 is 0 Å². The number of rotatable bonds is 5. The summed E-state index contributed by atoms with van der Waals surface area (Å²) in [5.74, 6) is 0. The molecule has 1 aromatic heterocycles. The molecule has 1 fully saturated rings. The fourth-order valence-electron chi connectivity index (χ4n) is 5.12. The molecule has 168 valence electrons. The van der Waals surface area contributed by atoms with Crippen LogP contribution in [0.3, 0.4) is 0 Å². The lowest BCUT2D eigenvalue weighted by molar-refractivity contribution is 0.285. The maximum atomic E-state index is 13.7. The van der Waals surface area contributed by atoms with Gasteiger partial charge in [-0.15, -0.1) is 0 Å². The van der Waals surface area contributed by atoms with E-state index in [1.54, 1.807) is 24.5 Å². The van der Waals surface area contributed by atoms with Gasteiger partial charge in [-0.05, 0) is 62.1 Å². The molecule has 0 N–H and O–H groups in total. The second-order valence-corrected chi connectivity index (χ2v) is 10.9. The molecule has 2 aromatic rings. The molecular formula is C24H33N3O3S. The summed E-state index contributed by atoms with van der Waals surface area (Å²) in [6, 6.07) is 5.73. The molecule has 0 saturated heterocycles. The SMILES string of the molecule is CCc1ccc(-c2nn(C)c(=O)c3c2CCCC3)cc1S(=O)(=O)N(C)C1CCCCC1. The summed E-state index contributed by atoms with van der Waals surface area (Å²) in [6.07, 6.45) is 9.45. The molecule has 0 amide bonds. The van der Waals surface area contributed by atoms with Crippen LogP contribution in [0.2, 0.25) is 0 Å². The zero-order valence-electron chi connectivity index (χ0n) is 18.9. The molecule has 0 spiro atoms. The van der Waals surface area contributed by atoms with E-state index in [1.807, 2.05) is 19.1 Å². The highest BCUT2D eigenvalue weighted by atomic mass is 32.2. The van der Waals surface area contributed by atoms with Crippen molar-refractivity contribution >= 4 is 10.0 Å². The third-order valence-electron chi connectivity index (χ3n) is 7.02. The summed E-state index contributed by atoms with van der Waals surface area (Å²) < 4.78 is 30.3. The number of sulfonamides is 1. The Labute approximate surface area is 185 Å². The second-order valence-electron chi connectivity index (χ2n) is 8.93. The molecule has 31 heavy (non-hydrogen) atoms. The van der Waals surface area contributed by atoms with Crippen LogP contribution in [0.1, 0.15) is 68.6 Å². The monoisotopic (exact) mass is 443 g/mol. The second kappa shape index (κ2) is 8.87. The number of aryl methyl sites for hydroxylation is 2. The molecule has 2 aliphatic carbocycles. The van der Waals surface area contributed by atoms with Crippen LogP contribution in [-0.2, 0) is 36.3 Å². The number of hydrogen-bond donors (Lipinski definition) is 0. The Morgan fingerprint density at radius 3 is 2.42 bits per heavy atom. The van der Waals surface area contributed by atoms with Gasteiger partial charge in [0.05, 0.1) is 10.6 Å². The van der Waals surface area contributed by atoms with Crippen molar-refractivity contribution in [3.8, 4) is 11.3 Å². The Morgan fingerprint density at radius 2 is 1.74 bits per heavy atom. The lowest BCUT2D eigenvalue weighted by atomic mass is 9.89. The first-order valence-corrected chi connectivity index (χ1v) is 13.0. The molecule has 2 aliphatic rings. The van der Waals surface area contributed by atoms with Gasteiger partial charge in [-0.1, -0.05) is 38.3 Å². The van der Waals surface area contributed by atoms with Crippen LogP contribution >= 0.6 is 0 Å². The van der Waals surface area contributed by atoms with E-state index >= 15 is 0 Å². The molecule has 1 saturated carbocycles. The summed E-state index contributed by atoms with van der Waals surface area (Å²) in [5.41, 5.74) is 4.14. The Hall–Kier alpha value is -1.99. The van der Waals surface area contributed by atoms with E-state index in [4.69, 9.17) is 0 Å². The molecule has 0 atom stereocenters. The zero-order chi connectivity index (χ0) is 22.2. The minimum atomic E-state index is -3.61. The molecule has 6 nitrogen and oxygen atoms in total. The van der Waals surface area contributed by atoms with E-state index in [0.717, 1.165) is 79.3 Å². The Kier molecular flexibility index (Phi) is 6.35. The molecule has 0 unspecified atom stereocenters. The number of aromatic nitrogens is 2. The van der Waals surface area contributed by atoms with Crippen molar-refractivity contribution in [3.05, 3.63) is 45.2 Å². The molecule has 4 rings (SSSR count). The van der Waals surface area contributed by atoms with Crippen molar-refractivity contribution < 1.29 is 8.42 Å². The topological polar surface area (TPSA) is 72.3 Å². The Bertz CT molecular complexity index is 1130. The summed E-state index contributed by atoms with van der Waals surface area (Å²) in [7, 11) is -0.212. The van der Waals surface area contributed by atoms with Gasteiger partial charge in [-0.2, -0.15) is 9.40 Å². The van der Waals surface area contributed by atoms with Crippen molar-refractivity contribution in [3.63, 3.8) is 0 Å². The normalized spacial score (nSPS) is 17.7. The Balaban J connectivity index is 1.82. The van der Waals surface area contributed by atoms with Crippen molar-refractivity contribution in [2.24, 2.45) is 7.05 Å². The molecule has 7 heteroatoms. The van der Waals surface area contributed by atoms with E-state index in [-0.39, 0.29) is 11.6 Å². The minimum Gasteiger partial charge on any atom is -0.268 e.